The molecule has 8 heteroatoms. The van der Waals surface area contributed by atoms with E-state index in [1.165, 1.54) is 26.7 Å². The average Bonchev–Trinajstić information content (AvgIpc) is 3.28. The van der Waals surface area contributed by atoms with Crippen LogP contribution in [0.1, 0.15) is 34.5 Å². The van der Waals surface area contributed by atoms with Gasteiger partial charge in [0.15, 0.2) is 11.2 Å². The van der Waals surface area contributed by atoms with Gasteiger partial charge in [-0.1, -0.05) is 42.5 Å². The van der Waals surface area contributed by atoms with Gasteiger partial charge in [0.2, 0.25) is 0 Å². The highest BCUT2D eigenvalue weighted by molar-refractivity contribution is 6.03. The number of nitrogens with one attached hydrogen (secondary N) is 1. The molecule has 0 spiro atoms. The summed E-state index contributed by atoms with van der Waals surface area (Å²) in [6.07, 6.45) is 3.50. The zero-order chi connectivity index (χ0) is 24.4. The van der Waals surface area contributed by atoms with E-state index in [-0.39, 0.29) is 17.2 Å². The van der Waals surface area contributed by atoms with Crippen LogP contribution in [0.2, 0.25) is 0 Å². The third-order valence-corrected chi connectivity index (χ3v) is 6.87. The number of para-hydroxylation sites is 1. The molecule has 0 bridgehead atoms. The number of amides is 1. The van der Waals surface area contributed by atoms with Crippen LogP contribution >= 0.6 is 0 Å². The Morgan fingerprint density at radius 3 is 2.51 bits per heavy atom. The Morgan fingerprint density at radius 2 is 1.77 bits per heavy atom. The Kier molecular flexibility index (Phi) is 6.46. The monoisotopic (exact) mass is 470 g/mol. The lowest BCUT2D eigenvalue weighted by atomic mass is 9.96. The first-order chi connectivity index (χ1) is 17.0. The van der Waals surface area contributed by atoms with Crippen LogP contribution in [0, 0.1) is 12.8 Å². The third kappa shape index (κ3) is 4.74. The predicted octanol–water partition coefficient (Wildman–Crippen LogP) is 3.07. The number of benzene rings is 2. The molecule has 2 aromatic carbocycles. The van der Waals surface area contributed by atoms with Gasteiger partial charge in [0.25, 0.3) is 11.5 Å². The lowest BCUT2D eigenvalue weighted by molar-refractivity contribution is 0.0931. The van der Waals surface area contributed by atoms with Crippen LogP contribution in [0.15, 0.2) is 65.7 Å². The number of nitrogens with zero attached hydrogens (tertiary/aromatic N) is 5. The number of hydrogen-bond acceptors (Lipinski definition) is 5. The molecule has 180 valence electrons. The maximum Gasteiger partial charge on any atom is 0.279 e. The van der Waals surface area contributed by atoms with E-state index in [2.05, 4.69) is 51.5 Å². The Balaban J connectivity index is 1.27. The summed E-state index contributed by atoms with van der Waals surface area (Å²) >= 11 is 0. The number of carbonyl (C=O) groups is 1. The molecule has 35 heavy (non-hydrogen) atoms. The minimum absolute atomic E-state index is 0.179. The van der Waals surface area contributed by atoms with E-state index in [1.54, 1.807) is 7.05 Å². The lowest BCUT2D eigenvalue weighted by Gasteiger charge is -2.32. The molecule has 1 fully saturated rings. The number of likely N-dealkylation sites (tertiary alicyclic amines) is 1. The number of aryl methyl sites for hydroxylation is 2. The molecule has 1 amide bonds. The van der Waals surface area contributed by atoms with Crippen molar-refractivity contribution in [3.63, 3.8) is 0 Å². The number of fused-ring (bicyclic) bond motifs is 1. The summed E-state index contributed by atoms with van der Waals surface area (Å²) in [5.41, 5.74) is 3.97. The molecule has 1 aliphatic heterocycles. The summed E-state index contributed by atoms with van der Waals surface area (Å²) < 4.78 is 2.92. The largest absolute Gasteiger partial charge is 0.350 e. The van der Waals surface area contributed by atoms with Gasteiger partial charge in [-0.15, -0.1) is 0 Å². The zero-order valence-corrected chi connectivity index (χ0v) is 20.1. The standard InChI is InChI=1S/C27H30N6O2/c1-19-8-6-7-9-21(19)17-32-14-12-20(13-15-32)16-28-26(34)24-23-25(27(35)31(2)18-29-23)33(30-24)22-10-4-3-5-11-22/h3-11,18,20H,12-17H2,1-2H3,(H,28,34). The van der Waals surface area contributed by atoms with Gasteiger partial charge in [-0.2, -0.15) is 5.10 Å². The van der Waals surface area contributed by atoms with Crippen molar-refractivity contribution < 1.29 is 4.79 Å². The molecule has 0 aliphatic carbocycles. The first kappa shape index (κ1) is 23.0. The first-order valence-electron chi connectivity index (χ1n) is 12.1. The highest BCUT2D eigenvalue weighted by Crippen LogP contribution is 2.21. The second-order valence-electron chi connectivity index (χ2n) is 9.31. The maximum absolute atomic E-state index is 13.1. The number of carbonyl (C=O) groups excluding carboxylic acids is 1. The topological polar surface area (TPSA) is 85.0 Å². The molecule has 3 heterocycles. The molecule has 1 saturated heterocycles. The van der Waals surface area contributed by atoms with Gasteiger partial charge in [-0.25, -0.2) is 9.67 Å². The van der Waals surface area contributed by atoms with Crippen molar-refractivity contribution in [2.45, 2.75) is 26.3 Å². The van der Waals surface area contributed by atoms with Crippen LogP contribution < -0.4 is 10.9 Å². The normalized spacial score (nSPS) is 14.9. The highest BCUT2D eigenvalue weighted by atomic mass is 16.2. The van der Waals surface area contributed by atoms with Gasteiger partial charge in [-0.05, 0) is 62.0 Å². The van der Waals surface area contributed by atoms with Gasteiger partial charge in [0, 0.05) is 20.1 Å². The molecular formula is C27H30N6O2. The minimum atomic E-state index is -0.298. The summed E-state index contributed by atoms with van der Waals surface area (Å²) in [5.74, 6) is 0.114. The van der Waals surface area contributed by atoms with Crippen molar-refractivity contribution in [1.82, 2.24) is 29.5 Å². The van der Waals surface area contributed by atoms with Gasteiger partial charge in [0.05, 0.1) is 12.0 Å². The fourth-order valence-corrected chi connectivity index (χ4v) is 4.69. The molecule has 0 radical (unpaired) electrons. The molecule has 4 aromatic rings. The zero-order valence-electron chi connectivity index (χ0n) is 20.1. The number of rotatable bonds is 6. The highest BCUT2D eigenvalue weighted by Gasteiger charge is 2.24. The van der Waals surface area contributed by atoms with Crippen LogP contribution in [0.3, 0.4) is 0 Å². The SMILES string of the molecule is Cc1ccccc1CN1CCC(CNC(=O)c2nn(-c3ccccc3)c3c(=O)n(C)cnc23)CC1. The van der Waals surface area contributed by atoms with E-state index in [9.17, 15) is 9.59 Å². The minimum Gasteiger partial charge on any atom is -0.350 e. The fraction of sp³-hybridized carbons (Fsp3) is 0.333. The smallest absolute Gasteiger partial charge is 0.279 e. The Labute approximate surface area is 204 Å². The lowest BCUT2D eigenvalue weighted by Crippen LogP contribution is -2.38. The molecule has 0 atom stereocenters. The summed E-state index contributed by atoms with van der Waals surface area (Å²) in [4.78, 5) is 32.9. The van der Waals surface area contributed by atoms with Crippen LogP contribution in [-0.4, -0.2) is 49.8 Å². The molecule has 8 nitrogen and oxygen atoms in total. The Bertz CT molecular complexity index is 1400. The average molecular weight is 471 g/mol. The molecule has 0 saturated carbocycles. The van der Waals surface area contributed by atoms with E-state index in [0.29, 0.717) is 29.2 Å². The number of hydrogen-bond donors (Lipinski definition) is 1. The third-order valence-electron chi connectivity index (χ3n) is 6.87. The van der Waals surface area contributed by atoms with Crippen molar-refractivity contribution in [2.24, 2.45) is 13.0 Å². The van der Waals surface area contributed by atoms with Crippen molar-refractivity contribution in [2.75, 3.05) is 19.6 Å². The van der Waals surface area contributed by atoms with Crippen LogP contribution in [0.5, 0.6) is 0 Å². The Hall–Kier alpha value is -3.78. The fourth-order valence-electron chi connectivity index (χ4n) is 4.69. The second kappa shape index (κ2) is 9.84. The predicted molar refractivity (Wildman–Crippen MR) is 136 cm³/mol. The summed E-state index contributed by atoms with van der Waals surface area (Å²) in [5, 5.41) is 7.56. The molecule has 1 aliphatic rings. The van der Waals surface area contributed by atoms with Gasteiger partial charge in [0.1, 0.15) is 5.52 Å². The van der Waals surface area contributed by atoms with Gasteiger partial charge in [-0.3, -0.25) is 14.5 Å². The molecule has 5 rings (SSSR count). The van der Waals surface area contributed by atoms with Crippen LogP contribution in [-0.2, 0) is 13.6 Å². The van der Waals surface area contributed by atoms with E-state index in [0.717, 1.165) is 32.5 Å². The van der Waals surface area contributed by atoms with E-state index in [1.807, 2.05) is 30.3 Å². The first-order valence-corrected chi connectivity index (χ1v) is 12.1. The number of aromatic nitrogens is 4. The van der Waals surface area contributed by atoms with Crippen molar-refractivity contribution >= 4 is 16.9 Å². The second-order valence-corrected chi connectivity index (χ2v) is 9.31. The van der Waals surface area contributed by atoms with Crippen LogP contribution in [0.25, 0.3) is 16.7 Å². The van der Waals surface area contributed by atoms with Gasteiger partial charge >= 0.3 is 0 Å². The molecule has 2 aromatic heterocycles. The van der Waals surface area contributed by atoms with E-state index < -0.39 is 0 Å². The van der Waals surface area contributed by atoms with Crippen molar-refractivity contribution in [3.05, 3.63) is 88.1 Å². The van der Waals surface area contributed by atoms with Crippen molar-refractivity contribution in [1.29, 1.82) is 0 Å². The molecular weight excluding hydrogens is 440 g/mol. The van der Waals surface area contributed by atoms with Crippen molar-refractivity contribution in [3.8, 4) is 5.69 Å². The van der Waals surface area contributed by atoms with Crippen LogP contribution in [0.4, 0.5) is 0 Å². The van der Waals surface area contributed by atoms with E-state index in [4.69, 9.17) is 0 Å². The molecule has 0 unspecified atom stereocenters. The summed E-state index contributed by atoms with van der Waals surface area (Å²) in [7, 11) is 1.64. The molecule has 1 N–H and O–H groups in total. The quantitative estimate of drug-likeness (QED) is 0.468. The number of piperidine rings is 1. The van der Waals surface area contributed by atoms with Gasteiger partial charge < -0.3 is 9.88 Å². The maximum atomic E-state index is 13.1. The van der Waals surface area contributed by atoms with E-state index >= 15 is 0 Å². The summed E-state index contributed by atoms with van der Waals surface area (Å²) in [6.45, 7) is 5.73. The Morgan fingerprint density at radius 1 is 1.06 bits per heavy atom. The summed E-state index contributed by atoms with van der Waals surface area (Å²) in [6, 6.07) is 17.9.